The van der Waals surface area contributed by atoms with Gasteiger partial charge in [0.1, 0.15) is 11.5 Å². The number of hydrogen-bond acceptors (Lipinski definition) is 5. The molecule has 4 rings (SSSR count). The van der Waals surface area contributed by atoms with Gasteiger partial charge in [0.15, 0.2) is 0 Å². The second kappa shape index (κ2) is 10.1. The first-order valence-electron chi connectivity index (χ1n) is 11.9. The summed E-state index contributed by atoms with van der Waals surface area (Å²) in [6.07, 6.45) is -1.59. The summed E-state index contributed by atoms with van der Waals surface area (Å²) in [5, 5.41) is 0. The van der Waals surface area contributed by atoms with E-state index in [1.807, 2.05) is 13.8 Å². The van der Waals surface area contributed by atoms with Crippen molar-refractivity contribution < 1.29 is 22.6 Å². The first-order chi connectivity index (χ1) is 16.6. The summed E-state index contributed by atoms with van der Waals surface area (Å²) >= 11 is 0. The first kappa shape index (κ1) is 25.3. The number of nitrogens with zero attached hydrogens (tertiary/aromatic N) is 4. The molecule has 0 N–H and O–H groups in total. The van der Waals surface area contributed by atoms with Crippen molar-refractivity contribution in [2.75, 3.05) is 46.9 Å². The third-order valence-electron chi connectivity index (χ3n) is 6.77. The van der Waals surface area contributed by atoms with Gasteiger partial charge < -0.3 is 18.9 Å². The van der Waals surface area contributed by atoms with Crippen LogP contribution in [0.15, 0.2) is 30.5 Å². The summed E-state index contributed by atoms with van der Waals surface area (Å²) in [6, 6.07) is 6.55. The third-order valence-corrected chi connectivity index (χ3v) is 6.77. The highest BCUT2D eigenvalue weighted by atomic mass is 19.4. The van der Waals surface area contributed by atoms with Gasteiger partial charge in [-0.1, -0.05) is 6.92 Å². The van der Waals surface area contributed by atoms with E-state index in [2.05, 4.69) is 45.3 Å². The number of aromatic nitrogens is 2. The van der Waals surface area contributed by atoms with Crippen LogP contribution in [0.1, 0.15) is 30.5 Å². The van der Waals surface area contributed by atoms with E-state index in [9.17, 15) is 13.2 Å². The van der Waals surface area contributed by atoms with E-state index in [0.717, 1.165) is 61.3 Å². The zero-order valence-electron chi connectivity index (χ0n) is 20.9. The smallest absolute Gasteiger partial charge is 0.496 e. The van der Waals surface area contributed by atoms with Crippen molar-refractivity contribution in [3.8, 4) is 22.8 Å². The van der Waals surface area contributed by atoms with Crippen molar-refractivity contribution in [3.63, 3.8) is 0 Å². The SMILES string of the molecule is CC[C@@H](CN1CCN(C)CC1)n1cc(C)c2nc(-c3ccc(OC(F)(F)F)cc3OC)c(C)cc21. The van der Waals surface area contributed by atoms with Crippen LogP contribution >= 0.6 is 0 Å². The van der Waals surface area contributed by atoms with Crippen LogP contribution < -0.4 is 9.47 Å². The van der Waals surface area contributed by atoms with E-state index in [0.29, 0.717) is 17.3 Å². The Balaban J connectivity index is 1.69. The Labute approximate surface area is 204 Å². The average molecular weight is 491 g/mol. The van der Waals surface area contributed by atoms with Crippen molar-refractivity contribution in [2.45, 2.75) is 39.6 Å². The number of benzene rings is 1. The number of aryl methyl sites for hydroxylation is 2. The fourth-order valence-corrected chi connectivity index (χ4v) is 4.81. The van der Waals surface area contributed by atoms with Crippen molar-refractivity contribution in [2.24, 2.45) is 0 Å². The molecule has 1 aliphatic rings. The fraction of sp³-hybridized carbons (Fsp3) is 0.500. The number of likely N-dealkylation sites (N-methyl/N-ethyl adjacent to an activating group) is 1. The molecule has 1 aromatic carbocycles. The highest BCUT2D eigenvalue weighted by molar-refractivity contribution is 5.85. The third kappa shape index (κ3) is 5.56. The molecule has 1 atom stereocenters. The van der Waals surface area contributed by atoms with Crippen LogP contribution in [-0.4, -0.2) is 72.6 Å². The predicted octanol–water partition coefficient (Wildman–Crippen LogP) is 5.43. The van der Waals surface area contributed by atoms with Gasteiger partial charge in [0.25, 0.3) is 0 Å². The molecular weight excluding hydrogens is 457 g/mol. The number of methoxy groups -OCH3 is 1. The maximum absolute atomic E-state index is 12.7. The Kier molecular flexibility index (Phi) is 7.28. The number of piperazine rings is 1. The molecule has 0 aliphatic carbocycles. The van der Waals surface area contributed by atoms with E-state index in [1.54, 1.807) is 6.07 Å². The van der Waals surface area contributed by atoms with Crippen molar-refractivity contribution in [1.29, 1.82) is 0 Å². The molecule has 35 heavy (non-hydrogen) atoms. The minimum Gasteiger partial charge on any atom is -0.496 e. The molecule has 0 saturated carbocycles. The Morgan fingerprint density at radius 2 is 1.77 bits per heavy atom. The molecule has 6 nitrogen and oxygen atoms in total. The van der Waals surface area contributed by atoms with Crippen LogP contribution in [0.4, 0.5) is 13.2 Å². The van der Waals surface area contributed by atoms with Gasteiger partial charge in [-0.15, -0.1) is 13.2 Å². The number of halogens is 3. The minimum atomic E-state index is -4.76. The van der Waals surface area contributed by atoms with Gasteiger partial charge in [0.2, 0.25) is 0 Å². The van der Waals surface area contributed by atoms with Crippen molar-refractivity contribution in [1.82, 2.24) is 19.4 Å². The molecule has 3 aromatic rings. The topological polar surface area (TPSA) is 42.8 Å². The van der Waals surface area contributed by atoms with Gasteiger partial charge in [0.05, 0.1) is 23.8 Å². The van der Waals surface area contributed by atoms with Crippen LogP contribution in [0.2, 0.25) is 0 Å². The van der Waals surface area contributed by atoms with Crippen LogP contribution in [0, 0.1) is 13.8 Å². The summed E-state index contributed by atoms with van der Waals surface area (Å²) < 4.78 is 49.8. The van der Waals surface area contributed by atoms with Gasteiger partial charge in [0, 0.05) is 56.6 Å². The molecule has 1 aliphatic heterocycles. The number of rotatable bonds is 7. The molecule has 190 valence electrons. The van der Waals surface area contributed by atoms with Gasteiger partial charge in [-0.05, 0) is 56.6 Å². The van der Waals surface area contributed by atoms with Gasteiger partial charge in [-0.2, -0.15) is 0 Å². The number of ether oxygens (including phenoxy) is 2. The largest absolute Gasteiger partial charge is 0.573 e. The van der Waals surface area contributed by atoms with E-state index < -0.39 is 6.36 Å². The Hall–Kier alpha value is -2.78. The number of fused-ring (bicyclic) bond motifs is 1. The standard InChI is InChI=1S/C26H33F3N4O2/c1-6-19(16-32-11-9-31(4)10-12-32)33-15-18(3)25-22(33)13-17(2)24(30-25)21-8-7-20(14-23(21)34-5)35-26(27,28)29/h7-8,13-15,19H,6,9-12,16H2,1-5H3/t19-/m0/s1. The molecule has 1 saturated heterocycles. The summed E-state index contributed by atoms with van der Waals surface area (Å²) in [7, 11) is 3.59. The molecule has 0 radical (unpaired) electrons. The number of alkyl halides is 3. The summed E-state index contributed by atoms with van der Waals surface area (Å²) in [6.45, 7) is 11.5. The normalized spacial score (nSPS) is 16.6. The average Bonchev–Trinajstić information content (AvgIpc) is 3.12. The van der Waals surface area contributed by atoms with E-state index in [-0.39, 0.29) is 11.5 Å². The van der Waals surface area contributed by atoms with E-state index in [1.165, 1.54) is 19.2 Å². The molecule has 0 spiro atoms. The molecule has 0 amide bonds. The van der Waals surface area contributed by atoms with Crippen molar-refractivity contribution >= 4 is 11.0 Å². The number of hydrogen-bond donors (Lipinski definition) is 0. The summed E-state index contributed by atoms with van der Waals surface area (Å²) in [5.74, 6) is -0.0471. The Bertz CT molecular complexity index is 1180. The van der Waals surface area contributed by atoms with Gasteiger partial charge >= 0.3 is 6.36 Å². The Morgan fingerprint density at radius 1 is 1.06 bits per heavy atom. The molecule has 0 bridgehead atoms. The predicted molar refractivity (Wildman–Crippen MR) is 131 cm³/mol. The minimum absolute atomic E-state index is 0.278. The van der Waals surface area contributed by atoms with Crippen LogP contribution in [0.5, 0.6) is 11.5 Å². The molecular formula is C26H33F3N4O2. The highest BCUT2D eigenvalue weighted by Gasteiger charge is 2.31. The lowest BCUT2D eigenvalue weighted by Gasteiger charge is -2.35. The lowest BCUT2D eigenvalue weighted by atomic mass is 10.0. The zero-order valence-corrected chi connectivity index (χ0v) is 20.9. The van der Waals surface area contributed by atoms with Crippen LogP contribution in [-0.2, 0) is 0 Å². The monoisotopic (exact) mass is 490 g/mol. The number of pyridine rings is 1. The maximum Gasteiger partial charge on any atom is 0.573 e. The summed E-state index contributed by atoms with van der Waals surface area (Å²) in [5.41, 5.74) is 5.25. The molecule has 3 heterocycles. The van der Waals surface area contributed by atoms with Gasteiger partial charge in [-0.25, -0.2) is 4.98 Å². The lowest BCUT2D eigenvalue weighted by Crippen LogP contribution is -2.46. The zero-order chi connectivity index (χ0) is 25.3. The Morgan fingerprint density at radius 3 is 2.40 bits per heavy atom. The van der Waals surface area contributed by atoms with Gasteiger partial charge in [-0.3, -0.25) is 4.90 Å². The second-order valence-corrected chi connectivity index (χ2v) is 9.32. The van der Waals surface area contributed by atoms with E-state index >= 15 is 0 Å². The second-order valence-electron chi connectivity index (χ2n) is 9.32. The molecule has 1 fully saturated rings. The van der Waals surface area contributed by atoms with E-state index in [4.69, 9.17) is 9.72 Å². The molecule has 2 aromatic heterocycles. The molecule has 9 heteroatoms. The summed E-state index contributed by atoms with van der Waals surface area (Å²) in [4.78, 5) is 9.85. The quantitative estimate of drug-likeness (QED) is 0.442. The van der Waals surface area contributed by atoms with Crippen molar-refractivity contribution in [3.05, 3.63) is 41.6 Å². The lowest BCUT2D eigenvalue weighted by molar-refractivity contribution is -0.274. The highest BCUT2D eigenvalue weighted by Crippen LogP contribution is 2.37. The maximum atomic E-state index is 12.7. The first-order valence-corrected chi connectivity index (χ1v) is 11.9. The fourth-order valence-electron chi connectivity index (χ4n) is 4.81. The van der Waals surface area contributed by atoms with Crippen LogP contribution in [0.3, 0.4) is 0 Å². The molecule has 0 unspecified atom stereocenters. The van der Waals surface area contributed by atoms with Crippen LogP contribution in [0.25, 0.3) is 22.3 Å².